The Morgan fingerprint density at radius 2 is 2.12 bits per heavy atom. The van der Waals surface area contributed by atoms with E-state index < -0.39 is 0 Å². The fourth-order valence-electron chi connectivity index (χ4n) is 2.33. The normalized spacial score (nSPS) is 20.7. The number of nitrogens with zero attached hydrogens (tertiary/aromatic N) is 1. The highest BCUT2D eigenvalue weighted by molar-refractivity contribution is 9.13. The van der Waals surface area contributed by atoms with E-state index in [-0.39, 0.29) is 0 Å². The van der Waals surface area contributed by atoms with Crippen molar-refractivity contribution in [2.24, 2.45) is 11.7 Å². The monoisotopic (exact) mass is 364 g/mol. The molecule has 17 heavy (non-hydrogen) atoms. The zero-order chi connectivity index (χ0) is 12.4. The Morgan fingerprint density at radius 1 is 1.47 bits per heavy atom. The highest BCUT2D eigenvalue weighted by Crippen LogP contribution is 2.28. The summed E-state index contributed by atoms with van der Waals surface area (Å²) in [6.07, 6.45) is 2.39. The van der Waals surface area contributed by atoms with Crippen LogP contribution in [0.4, 0.5) is 0 Å². The van der Waals surface area contributed by atoms with Gasteiger partial charge in [0.15, 0.2) is 4.67 Å². The van der Waals surface area contributed by atoms with E-state index in [9.17, 15) is 0 Å². The SMILES string of the molecule is CC(N)C1CCN(Cc2cc(Br)c(Br)o2)CC1. The van der Waals surface area contributed by atoms with Crippen molar-refractivity contribution >= 4 is 31.9 Å². The van der Waals surface area contributed by atoms with Crippen molar-refractivity contribution in [3.8, 4) is 0 Å². The summed E-state index contributed by atoms with van der Waals surface area (Å²) < 4.78 is 7.35. The second-order valence-electron chi connectivity index (χ2n) is 4.81. The van der Waals surface area contributed by atoms with E-state index in [4.69, 9.17) is 10.2 Å². The molecule has 0 aromatic carbocycles. The van der Waals surface area contributed by atoms with Crippen LogP contribution in [0, 0.1) is 5.92 Å². The lowest BCUT2D eigenvalue weighted by atomic mass is 9.91. The molecule has 1 aliphatic heterocycles. The smallest absolute Gasteiger partial charge is 0.183 e. The predicted molar refractivity (Wildman–Crippen MR) is 75.8 cm³/mol. The van der Waals surface area contributed by atoms with E-state index in [2.05, 4.69) is 43.7 Å². The van der Waals surface area contributed by atoms with Crippen molar-refractivity contribution in [2.45, 2.75) is 32.4 Å². The zero-order valence-electron chi connectivity index (χ0n) is 9.96. The molecular formula is C12H18Br2N2O. The van der Waals surface area contributed by atoms with Crippen molar-refractivity contribution < 1.29 is 4.42 Å². The van der Waals surface area contributed by atoms with Crippen LogP contribution in [0.1, 0.15) is 25.5 Å². The lowest BCUT2D eigenvalue weighted by Crippen LogP contribution is -2.39. The standard InChI is InChI=1S/C12H18Br2N2O/c1-8(15)9-2-4-16(5-3-9)7-10-6-11(13)12(14)17-10/h6,8-9H,2-5,7,15H2,1H3. The summed E-state index contributed by atoms with van der Waals surface area (Å²) >= 11 is 6.79. The van der Waals surface area contributed by atoms with Gasteiger partial charge in [0.05, 0.1) is 11.0 Å². The van der Waals surface area contributed by atoms with E-state index in [1.165, 1.54) is 12.8 Å². The minimum absolute atomic E-state index is 0.323. The molecule has 1 aromatic heterocycles. The van der Waals surface area contributed by atoms with E-state index in [0.29, 0.717) is 12.0 Å². The third-order valence-corrected chi connectivity index (χ3v) is 5.16. The maximum absolute atomic E-state index is 5.94. The molecule has 1 unspecified atom stereocenters. The number of hydrogen-bond acceptors (Lipinski definition) is 3. The Kier molecular flexibility index (Phi) is 4.69. The molecule has 5 heteroatoms. The molecule has 1 fully saturated rings. The second kappa shape index (κ2) is 5.87. The summed E-state index contributed by atoms with van der Waals surface area (Å²) in [6.45, 7) is 5.22. The van der Waals surface area contributed by atoms with E-state index in [1.807, 2.05) is 6.07 Å². The molecule has 0 aliphatic carbocycles. The van der Waals surface area contributed by atoms with Gasteiger partial charge in [-0.3, -0.25) is 4.90 Å². The van der Waals surface area contributed by atoms with Crippen molar-refractivity contribution in [3.05, 3.63) is 21.0 Å². The summed E-state index contributed by atoms with van der Waals surface area (Å²) in [7, 11) is 0. The summed E-state index contributed by atoms with van der Waals surface area (Å²) in [6, 6.07) is 2.35. The van der Waals surface area contributed by atoms with Gasteiger partial charge in [-0.1, -0.05) is 0 Å². The largest absolute Gasteiger partial charge is 0.452 e. The molecule has 1 saturated heterocycles. The van der Waals surface area contributed by atoms with Crippen LogP contribution in [-0.2, 0) is 6.54 Å². The first-order valence-electron chi connectivity index (χ1n) is 5.98. The average molecular weight is 366 g/mol. The van der Waals surface area contributed by atoms with Crippen LogP contribution in [0.2, 0.25) is 0 Å². The second-order valence-corrected chi connectivity index (χ2v) is 6.38. The van der Waals surface area contributed by atoms with E-state index >= 15 is 0 Å². The first-order chi connectivity index (χ1) is 8.06. The molecule has 0 bridgehead atoms. The first-order valence-corrected chi connectivity index (χ1v) is 7.56. The molecule has 2 N–H and O–H groups in total. The fraction of sp³-hybridized carbons (Fsp3) is 0.667. The Morgan fingerprint density at radius 3 is 2.59 bits per heavy atom. The van der Waals surface area contributed by atoms with Crippen molar-refractivity contribution in [1.82, 2.24) is 4.90 Å². The van der Waals surface area contributed by atoms with Gasteiger partial charge in [0, 0.05) is 6.04 Å². The minimum atomic E-state index is 0.323. The Labute approximate surface area is 119 Å². The van der Waals surface area contributed by atoms with Crippen LogP contribution in [0.5, 0.6) is 0 Å². The molecule has 2 heterocycles. The van der Waals surface area contributed by atoms with Gasteiger partial charge in [0.1, 0.15) is 5.76 Å². The van der Waals surface area contributed by atoms with Crippen LogP contribution >= 0.6 is 31.9 Å². The summed E-state index contributed by atoms with van der Waals surface area (Å²) in [5, 5.41) is 0. The molecule has 2 rings (SSSR count). The highest BCUT2D eigenvalue weighted by atomic mass is 79.9. The fourth-order valence-corrected chi connectivity index (χ4v) is 2.99. The van der Waals surface area contributed by atoms with Crippen molar-refractivity contribution in [2.75, 3.05) is 13.1 Å². The quantitative estimate of drug-likeness (QED) is 0.892. The number of piperidine rings is 1. The maximum atomic E-state index is 5.94. The van der Waals surface area contributed by atoms with Crippen LogP contribution in [0.3, 0.4) is 0 Å². The highest BCUT2D eigenvalue weighted by Gasteiger charge is 2.22. The number of likely N-dealkylation sites (tertiary alicyclic amines) is 1. The van der Waals surface area contributed by atoms with Crippen LogP contribution in [0.15, 0.2) is 19.6 Å². The summed E-state index contributed by atoms with van der Waals surface area (Å²) in [5.41, 5.74) is 5.94. The average Bonchev–Trinajstić information content (AvgIpc) is 2.58. The number of furan rings is 1. The Bertz CT molecular complexity index is 351. The first kappa shape index (κ1) is 13.6. The van der Waals surface area contributed by atoms with Gasteiger partial charge in [-0.15, -0.1) is 0 Å². The van der Waals surface area contributed by atoms with Crippen molar-refractivity contribution in [1.29, 1.82) is 0 Å². The molecule has 1 aliphatic rings. The van der Waals surface area contributed by atoms with Gasteiger partial charge < -0.3 is 10.2 Å². The van der Waals surface area contributed by atoms with E-state index in [0.717, 1.165) is 34.5 Å². The molecular weight excluding hydrogens is 348 g/mol. The lowest BCUT2D eigenvalue weighted by molar-refractivity contribution is 0.156. The molecule has 96 valence electrons. The van der Waals surface area contributed by atoms with Gasteiger partial charge in [-0.2, -0.15) is 0 Å². The Hall–Kier alpha value is 0.160. The van der Waals surface area contributed by atoms with Crippen molar-refractivity contribution in [3.63, 3.8) is 0 Å². The third kappa shape index (κ3) is 3.56. The summed E-state index contributed by atoms with van der Waals surface area (Å²) in [5.74, 6) is 1.68. The molecule has 1 atom stereocenters. The number of halogens is 2. The van der Waals surface area contributed by atoms with Gasteiger partial charge in [-0.05, 0) is 76.7 Å². The molecule has 0 spiro atoms. The van der Waals surface area contributed by atoms with Gasteiger partial charge in [-0.25, -0.2) is 0 Å². The number of hydrogen-bond donors (Lipinski definition) is 1. The molecule has 0 radical (unpaired) electrons. The van der Waals surface area contributed by atoms with Crippen LogP contribution in [0.25, 0.3) is 0 Å². The number of nitrogens with two attached hydrogens (primary N) is 1. The zero-order valence-corrected chi connectivity index (χ0v) is 13.1. The third-order valence-electron chi connectivity index (χ3n) is 3.45. The predicted octanol–water partition coefficient (Wildman–Crippen LogP) is 3.36. The number of rotatable bonds is 3. The molecule has 0 amide bonds. The molecule has 0 saturated carbocycles. The van der Waals surface area contributed by atoms with Gasteiger partial charge in [0.25, 0.3) is 0 Å². The molecule has 1 aromatic rings. The maximum Gasteiger partial charge on any atom is 0.183 e. The molecule has 3 nitrogen and oxygen atoms in total. The minimum Gasteiger partial charge on any atom is -0.452 e. The van der Waals surface area contributed by atoms with Crippen LogP contribution in [-0.4, -0.2) is 24.0 Å². The van der Waals surface area contributed by atoms with Crippen LogP contribution < -0.4 is 5.73 Å². The van der Waals surface area contributed by atoms with Gasteiger partial charge >= 0.3 is 0 Å². The van der Waals surface area contributed by atoms with E-state index in [1.54, 1.807) is 0 Å². The lowest BCUT2D eigenvalue weighted by Gasteiger charge is -2.33. The Balaban J connectivity index is 1.86. The topological polar surface area (TPSA) is 42.4 Å². The van der Waals surface area contributed by atoms with Gasteiger partial charge in [0.2, 0.25) is 0 Å². The summed E-state index contributed by atoms with van der Waals surface area (Å²) in [4.78, 5) is 2.43.